The molecule has 0 aromatic rings. The molecule has 0 aliphatic carbocycles. The van der Waals surface area contributed by atoms with Crippen molar-refractivity contribution >= 4 is 0 Å². The lowest BCUT2D eigenvalue weighted by Crippen LogP contribution is -2.02. The summed E-state index contributed by atoms with van der Waals surface area (Å²) in [4.78, 5) is 0. The average molecular weight is 162 g/mol. The number of hydrogen-bond acceptors (Lipinski definition) is 2. The minimum Gasteiger partial charge on any atom is -0.398 e. The smallest absolute Gasteiger partial charge is 0.101 e. The van der Waals surface area contributed by atoms with Crippen LogP contribution in [-0.4, -0.2) is 0 Å². The lowest BCUT2D eigenvalue weighted by atomic mass is 10.1. The quantitative estimate of drug-likeness (QED) is 0.511. The topological polar surface area (TPSA) is 49.8 Å². The van der Waals surface area contributed by atoms with Crippen molar-refractivity contribution in [3.05, 3.63) is 35.6 Å². The maximum absolute atomic E-state index is 8.69. The highest BCUT2D eigenvalue weighted by atomic mass is 14.6. The van der Waals surface area contributed by atoms with Crippen LogP contribution < -0.4 is 5.73 Å². The summed E-state index contributed by atoms with van der Waals surface area (Å²) in [6, 6.07) is 2.02. The fourth-order valence-electron chi connectivity index (χ4n) is 0.725. The van der Waals surface area contributed by atoms with Crippen molar-refractivity contribution in [1.82, 2.24) is 0 Å². The summed E-state index contributed by atoms with van der Waals surface area (Å²) in [7, 11) is 0. The summed E-state index contributed by atoms with van der Waals surface area (Å²) in [5, 5.41) is 8.69. The first kappa shape index (κ1) is 10.5. The van der Waals surface area contributed by atoms with Gasteiger partial charge in [0.1, 0.15) is 6.07 Å². The molecule has 0 atom stereocenters. The zero-order chi connectivity index (χ0) is 9.56. The molecule has 2 nitrogen and oxygen atoms in total. The van der Waals surface area contributed by atoms with Gasteiger partial charge >= 0.3 is 0 Å². The van der Waals surface area contributed by atoms with E-state index in [4.69, 9.17) is 11.0 Å². The third-order valence-corrected chi connectivity index (χ3v) is 1.69. The van der Waals surface area contributed by atoms with Gasteiger partial charge in [0.2, 0.25) is 0 Å². The molecule has 0 fully saturated rings. The monoisotopic (exact) mass is 162 g/mol. The lowest BCUT2D eigenvalue weighted by Gasteiger charge is -2.02. The molecule has 2 heteroatoms. The van der Waals surface area contributed by atoms with E-state index in [1.807, 2.05) is 19.9 Å². The minimum absolute atomic E-state index is 0.490. The molecule has 2 N–H and O–H groups in total. The molecule has 0 rings (SSSR count). The van der Waals surface area contributed by atoms with Gasteiger partial charge in [-0.25, -0.2) is 0 Å². The molecule has 64 valence electrons. The molecule has 0 aromatic heterocycles. The largest absolute Gasteiger partial charge is 0.398 e. The Labute approximate surface area is 73.7 Å². The van der Waals surface area contributed by atoms with Gasteiger partial charge in [-0.1, -0.05) is 19.6 Å². The summed E-state index contributed by atoms with van der Waals surface area (Å²) < 4.78 is 0. The van der Waals surface area contributed by atoms with E-state index < -0.39 is 0 Å². The van der Waals surface area contributed by atoms with Gasteiger partial charge in [0.15, 0.2) is 0 Å². The summed E-state index contributed by atoms with van der Waals surface area (Å²) in [5.74, 6) is 0. The zero-order valence-electron chi connectivity index (χ0n) is 7.59. The second-order valence-electron chi connectivity index (χ2n) is 2.48. The fraction of sp³-hybridized carbons (Fsp3) is 0.300. The van der Waals surface area contributed by atoms with Gasteiger partial charge in [-0.15, -0.1) is 0 Å². The molecule has 0 radical (unpaired) electrons. The van der Waals surface area contributed by atoms with Gasteiger partial charge < -0.3 is 5.73 Å². The molecule has 0 aromatic carbocycles. The summed E-state index contributed by atoms with van der Waals surface area (Å²) in [6.07, 6.45) is 4.05. The number of nitrogens with zero attached hydrogens (tertiary/aromatic N) is 1. The van der Waals surface area contributed by atoms with Crippen LogP contribution in [0.25, 0.3) is 0 Å². The Bertz CT molecular complexity index is 264. The standard InChI is InChI=1S/C10H14N2/c1-4-6-9(7-11)10(12)8(3)5-2/h4,6H,1,5,12H2,2-3H3/b9-6-,10-8-. The SMILES string of the molecule is C=C/C=C(C#N)\C(N)=C(/C)CC. The van der Waals surface area contributed by atoms with Crippen molar-refractivity contribution in [2.75, 3.05) is 0 Å². The summed E-state index contributed by atoms with van der Waals surface area (Å²) >= 11 is 0. The van der Waals surface area contributed by atoms with Crippen molar-refractivity contribution in [3.8, 4) is 6.07 Å². The lowest BCUT2D eigenvalue weighted by molar-refractivity contribution is 1.05. The Morgan fingerprint density at radius 1 is 1.67 bits per heavy atom. The van der Waals surface area contributed by atoms with Crippen LogP contribution in [0.15, 0.2) is 35.6 Å². The van der Waals surface area contributed by atoms with E-state index in [1.54, 1.807) is 12.2 Å². The number of allylic oxidation sites excluding steroid dienone is 4. The van der Waals surface area contributed by atoms with Crippen LogP contribution in [-0.2, 0) is 0 Å². The van der Waals surface area contributed by atoms with Crippen LogP contribution in [0.1, 0.15) is 20.3 Å². The Morgan fingerprint density at radius 2 is 2.25 bits per heavy atom. The molecular weight excluding hydrogens is 148 g/mol. The molecule has 0 saturated carbocycles. The predicted octanol–water partition coefficient (Wildman–Crippen LogP) is 2.27. The Kier molecular flexibility index (Phi) is 4.55. The number of rotatable bonds is 3. The van der Waals surface area contributed by atoms with Gasteiger partial charge in [0.25, 0.3) is 0 Å². The highest BCUT2D eigenvalue weighted by Crippen LogP contribution is 2.10. The Hall–Kier alpha value is -1.49. The van der Waals surface area contributed by atoms with Gasteiger partial charge in [-0.3, -0.25) is 0 Å². The molecule has 0 unspecified atom stereocenters. The molecule has 0 aliphatic rings. The van der Waals surface area contributed by atoms with Gasteiger partial charge in [0.05, 0.1) is 5.57 Å². The molecule has 0 heterocycles. The maximum atomic E-state index is 8.69. The first-order valence-electron chi connectivity index (χ1n) is 3.85. The molecule has 0 aliphatic heterocycles. The van der Waals surface area contributed by atoms with E-state index in [1.165, 1.54) is 0 Å². The average Bonchev–Trinajstić information content (AvgIpc) is 2.11. The third kappa shape index (κ3) is 2.63. The molecule has 0 spiro atoms. The van der Waals surface area contributed by atoms with Crippen LogP contribution in [0.4, 0.5) is 0 Å². The van der Waals surface area contributed by atoms with Crippen LogP contribution in [0.2, 0.25) is 0 Å². The van der Waals surface area contributed by atoms with Crippen molar-refractivity contribution in [1.29, 1.82) is 5.26 Å². The van der Waals surface area contributed by atoms with Crippen LogP contribution in [0.5, 0.6) is 0 Å². The highest BCUT2D eigenvalue weighted by molar-refractivity contribution is 5.43. The van der Waals surface area contributed by atoms with Gasteiger partial charge in [-0.2, -0.15) is 5.26 Å². The first-order valence-corrected chi connectivity index (χ1v) is 3.85. The highest BCUT2D eigenvalue weighted by Gasteiger charge is 2.00. The van der Waals surface area contributed by atoms with E-state index in [0.29, 0.717) is 11.3 Å². The Balaban J connectivity index is 4.91. The normalized spacial score (nSPS) is 13.2. The van der Waals surface area contributed by atoms with Crippen molar-refractivity contribution < 1.29 is 0 Å². The predicted molar refractivity (Wildman–Crippen MR) is 51.1 cm³/mol. The molecule has 0 saturated heterocycles. The van der Waals surface area contributed by atoms with Crippen molar-refractivity contribution in [2.24, 2.45) is 5.73 Å². The minimum atomic E-state index is 0.490. The van der Waals surface area contributed by atoms with E-state index in [2.05, 4.69) is 6.58 Å². The van der Waals surface area contributed by atoms with Gasteiger partial charge in [-0.05, 0) is 25.0 Å². The summed E-state index contributed by atoms with van der Waals surface area (Å²) in [6.45, 7) is 7.44. The van der Waals surface area contributed by atoms with E-state index in [0.717, 1.165) is 12.0 Å². The van der Waals surface area contributed by atoms with E-state index in [9.17, 15) is 0 Å². The second kappa shape index (κ2) is 5.20. The first-order chi connectivity index (χ1) is 5.67. The maximum Gasteiger partial charge on any atom is 0.101 e. The molecular formula is C10H14N2. The number of nitriles is 1. The van der Waals surface area contributed by atoms with Gasteiger partial charge in [0, 0.05) is 5.70 Å². The third-order valence-electron chi connectivity index (χ3n) is 1.69. The fourth-order valence-corrected chi connectivity index (χ4v) is 0.725. The number of nitrogens with two attached hydrogens (primary N) is 1. The Morgan fingerprint density at radius 3 is 2.58 bits per heavy atom. The second-order valence-corrected chi connectivity index (χ2v) is 2.48. The molecule has 0 bridgehead atoms. The molecule has 0 amide bonds. The van der Waals surface area contributed by atoms with Crippen molar-refractivity contribution in [3.63, 3.8) is 0 Å². The number of hydrogen-bond donors (Lipinski definition) is 1. The van der Waals surface area contributed by atoms with E-state index >= 15 is 0 Å². The van der Waals surface area contributed by atoms with Crippen LogP contribution in [0, 0.1) is 11.3 Å². The van der Waals surface area contributed by atoms with E-state index in [-0.39, 0.29) is 0 Å². The van der Waals surface area contributed by atoms with Crippen LogP contribution >= 0.6 is 0 Å². The summed E-state index contributed by atoms with van der Waals surface area (Å²) in [5.41, 5.74) is 7.80. The van der Waals surface area contributed by atoms with Crippen LogP contribution in [0.3, 0.4) is 0 Å². The van der Waals surface area contributed by atoms with Crippen molar-refractivity contribution in [2.45, 2.75) is 20.3 Å². The molecule has 12 heavy (non-hydrogen) atoms. The zero-order valence-corrected chi connectivity index (χ0v) is 7.59.